The topological polar surface area (TPSA) is 111 Å². The highest BCUT2D eigenvalue weighted by Crippen LogP contribution is 2.37. The number of methoxy groups -OCH3 is 1. The van der Waals surface area contributed by atoms with Crippen molar-refractivity contribution in [3.63, 3.8) is 0 Å². The van der Waals surface area contributed by atoms with E-state index >= 15 is 0 Å². The summed E-state index contributed by atoms with van der Waals surface area (Å²) in [7, 11) is 3.62. The zero-order valence-electron chi connectivity index (χ0n) is 24.5. The van der Waals surface area contributed by atoms with Crippen molar-refractivity contribution in [2.24, 2.45) is 18.9 Å². The molecule has 2 N–H and O–H groups in total. The highest BCUT2D eigenvalue weighted by Gasteiger charge is 2.29. The Morgan fingerprint density at radius 2 is 2.00 bits per heavy atom. The largest absolute Gasteiger partial charge is 0.477 e. The molecule has 7 rings (SSSR count). The van der Waals surface area contributed by atoms with Gasteiger partial charge in [-0.25, -0.2) is 9.67 Å². The second-order valence-corrected chi connectivity index (χ2v) is 12.0. The lowest BCUT2D eigenvalue weighted by Gasteiger charge is -2.35. The predicted molar refractivity (Wildman–Crippen MR) is 161 cm³/mol. The maximum atomic E-state index is 13.7. The fraction of sp³-hybridized carbons (Fsp3) is 0.484. The van der Waals surface area contributed by atoms with Crippen molar-refractivity contribution in [2.75, 3.05) is 50.2 Å². The minimum Gasteiger partial charge on any atom is -0.477 e. The number of anilines is 2. The number of nitrogens with zero attached hydrogens (tertiary/aromatic N) is 6. The Kier molecular flexibility index (Phi) is 7.07. The van der Waals surface area contributed by atoms with Gasteiger partial charge in [-0.15, -0.1) is 0 Å². The first-order valence-corrected chi connectivity index (χ1v) is 14.9. The molecular weight excluding hydrogens is 532 g/mol. The number of carbonyl (C=O) groups excluding carboxylic acids is 1. The fourth-order valence-corrected chi connectivity index (χ4v) is 6.80. The molecule has 11 heteroatoms. The summed E-state index contributed by atoms with van der Waals surface area (Å²) in [5, 5.41) is 11.1. The molecule has 0 unspecified atom stereocenters. The normalized spacial score (nSPS) is 22.6. The molecule has 1 aromatic carbocycles. The summed E-state index contributed by atoms with van der Waals surface area (Å²) in [5.41, 5.74) is 5.81. The second-order valence-electron chi connectivity index (χ2n) is 12.0. The van der Waals surface area contributed by atoms with Gasteiger partial charge in [-0.1, -0.05) is 0 Å². The van der Waals surface area contributed by atoms with Crippen LogP contribution >= 0.6 is 0 Å². The molecule has 1 saturated carbocycles. The zero-order chi connectivity index (χ0) is 28.8. The maximum absolute atomic E-state index is 13.7. The molecule has 5 heterocycles. The average molecular weight is 571 g/mol. The number of pyridine rings is 1. The van der Waals surface area contributed by atoms with Gasteiger partial charge < -0.3 is 24.3 Å². The van der Waals surface area contributed by atoms with Crippen LogP contribution in [0.2, 0.25) is 0 Å². The first-order chi connectivity index (χ1) is 20.4. The van der Waals surface area contributed by atoms with Crippen molar-refractivity contribution in [1.82, 2.24) is 29.6 Å². The third-order valence-electron chi connectivity index (χ3n) is 8.87. The van der Waals surface area contributed by atoms with E-state index in [1.165, 1.54) is 0 Å². The van der Waals surface area contributed by atoms with Gasteiger partial charge >= 0.3 is 0 Å². The smallest absolute Gasteiger partial charge is 0.258 e. The number of nitrogens with one attached hydrogen (secondary N) is 2. The molecule has 220 valence electrons. The molecule has 2 fully saturated rings. The summed E-state index contributed by atoms with van der Waals surface area (Å²) in [5.74, 6) is 1.96. The van der Waals surface area contributed by atoms with Crippen LogP contribution in [0.1, 0.15) is 35.3 Å². The van der Waals surface area contributed by atoms with Crippen LogP contribution in [0.5, 0.6) is 5.88 Å². The molecule has 3 atom stereocenters. The number of hydrogen-bond donors (Lipinski definition) is 2. The monoisotopic (exact) mass is 570 g/mol. The van der Waals surface area contributed by atoms with Gasteiger partial charge in [-0.3, -0.25) is 15.1 Å². The molecule has 2 aliphatic heterocycles. The van der Waals surface area contributed by atoms with Crippen molar-refractivity contribution in [2.45, 2.75) is 38.8 Å². The Morgan fingerprint density at radius 1 is 1.12 bits per heavy atom. The van der Waals surface area contributed by atoms with E-state index in [4.69, 9.17) is 19.4 Å². The lowest BCUT2D eigenvalue weighted by molar-refractivity contribution is 0.102. The SMILES string of the molecule is COC[C@H]1CN(c2ccc3nc4n(c3c2)C[C@@H]2CC[C@H](COc3c(cnn3C)-c3cc(cc(C)n3)C(=O)N4)C2)CCN1. The summed E-state index contributed by atoms with van der Waals surface area (Å²) in [6, 6.07) is 10.3. The summed E-state index contributed by atoms with van der Waals surface area (Å²) in [6.45, 7) is 6.71. The first kappa shape index (κ1) is 26.9. The number of piperazine rings is 1. The van der Waals surface area contributed by atoms with Crippen molar-refractivity contribution < 1.29 is 14.3 Å². The third-order valence-corrected chi connectivity index (χ3v) is 8.87. The quantitative estimate of drug-likeness (QED) is 0.384. The van der Waals surface area contributed by atoms with Crippen LogP contribution in [-0.4, -0.2) is 76.2 Å². The van der Waals surface area contributed by atoms with Gasteiger partial charge in [0.05, 0.1) is 41.7 Å². The van der Waals surface area contributed by atoms with Gasteiger partial charge in [0.1, 0.15) is 0 Å². The van der Waals surface area contributed by atoms with Crippen LogP contribution < -0.4 is 20.3 Å². The zero-order valence-corrected chi connectivity index (χ0v) is 24.5. The summed E-state index contributed by atoms with van der Waals surface area (Å²) < 4.78 is 15.8. The minimum absolute atomic E-state index is 0.214. The van der Waals surface area contributed by atoms with E-state index in [1.807, 2.05) is 26.1 Å². The highest BCUT2D eigenvalue weighted by molar-refractivity contribution is 6.05. The van der Waals surface area contributed by atoms with E-state index in [9.17, 15) is 4.79 Å². The van der Waals surface area contributed by atoms with Crippen molar-refractivity contribution >= 4 is 28.6 Å². The van der Waals surface area contributed by atoms with Gasteiger partial charge in [-0.05, 0) is 68.4 Å². The number of imidazole rings is 1. The molecule has 1 saturated heterocycles. The van der Waals surface area contributed by atoms with Gasteiger partial charge in [0, 0.05) is 63.3 Å². The van der Waals surface area contributed by atoms with Crippen LogP contribution in [0.15, 0.2) is 36.5 Å². The Morgan fingerprint density at radius 3 is 2.88 bits per heavy atom. The molecule has 3 aromatic heterocycles. The van der Waals surface area contributed by atoms with Crippen LogP contribution in [-0.2, 0) is 18.3 Å². The lowest BCUT2D eigenvalue weighted by atomic mass is 10.1. The molecular formula is C31H38N8O3. The number of amides is 1. The van der Waals surface area contributed by atoms with E-state index in [0.717, 1.165) is 73.4 Å². The number of ether oxygens (including phenoxy) is 2. The Bertz CT molecular complexity index is 1630. The molecule has 11 nitrogen and oxygen atoms in total. The van der Waals surface area contributed by atoms with Crippen molar-refractivity contribution in [1.29, 1.82) is 0 Å². The highest BCUT2D eigenvalue weighted by atomic mass is 16.5. The number of aryl methyl sites for hydroxylation is 2. The van der Waals surface area contributed by atoms with E-state index in [1.54, 1.807) is 18.0 Å². The fourth-order valence-electron chi connectivity index (χ4n) is 6.80. The molecule has 0 spiro atoms. The first-order valence-electron chi connectivity index (χ1n) is 14.9. The number of aromatic nitrogens is 5. The van der Waals surface area contributed by atoms with Crippen molar-refractivity contribution in [3.8, 4) is 17.1 Å². The molecule has 4 bridgehead atoms. The van der Waals surface area contributed by atoms with Gasteiger partial charge in [0.25, 0.3) is 5.91 Å². The average Bonchev–Trinajstić information content (AvgIpc) is 3.68. The Hall–Kier alpha value is -3.96. The molecule has 1 amide bonds. The standard InChI is InChI=1S/C31H38N8O3/c1-19-10-22-12-27(34-19)25-14-33-37(2)30(25)42-17-21-5-4-20(11-21)15-39-28-13-24(38-9-8-32-23(16-38)18-41-3)6-7-26(28)35-31(39)36-29(22)40/h6-7,10,12-14,20-21,23,32H,4-5,8-9,11,15-18H2,1-3H3,(H,35,36,40)/t20-,21+,23-/m1/s1. The van der Waals surface area contributed by atoms with Crippen LogP contribution in [0.25, 0.3) is 22.3 Å². The number of fused-ring (bicyclic) bond motifs is 9. The minimum atomic E-state index is -0.214. The molecule has 0 radical (unpaired) electrons. The lowest BCUT2D eigenvalue weighted by Crippen LogP contribution is -2.52. The van der Waals surface area contributed by atoms with Crippen molar-refractivity contribution in [3.05, 3.63) is 47.8 Å². The maximum Gasteiger partial charge on any atom is 0.258 e. The van der Waals surface area contributed by atoms with E-state index in [0.29, 0.717) is 48.1 Å². The third kappa shape index (κ3) is 5.11. The van der Waals surface area contributed by atoms with Gasteiger partial charge in [-0.2, -0.15) is 5.10 Å². The Labute approximate surface area is 245 Å². The van der Waals surface area contributed by atoms with Gasteiger partial charge in [0.15, 0.2) is 0 Å². The number of hydrogen-bond acceptors (Lipinski definition) is 8. The molecule has 1 aliphatic carbocycles. The molecule has 42 heavy (non-hydrogen) atoms. The summed E-state index contributed by atoms with van der Waals surface area (Å²) >= 11 is 0. The Balaban J connectivity index is 1.28. The predicted octanol–water partition coefficient (Wildman–Crippen LogP) is 3.63. The summed E-state index contributed by atoms with van der Waals surface area (Å²) in [6.07, 6.45) is 5.03. The van der Waals surface area contributed by atoms with E-state index in [-0.39, 0.29) is 11.9 Å². The van der Waals surface area contributed by atoms with E-state index < -0.39 is 0 Å². The van der Waals surface area contributed by atoms with E-state index in [2.05, 4.69) is 43.4 Å². The molecule has 3 aliphatic rings. The second kappa shape index (κ2) is 11.0. The number of rotatable bonds is 3. The summed E-state index contributed by atoms with van der Waals surface area (Å²) in [4.78, 5) is 25.8. The number of benzene rings is 1. The van der Waals surface area contributed by atoms with Crippen LogP contribution in [0, 0.1) is 18.8 Å². The van der Waals surface area contributed by atoms with Crippen LogP contribution in [0.4, 0.5) is 11.6 Å². The van der Waals surface area contributed by atoms with Crippen LogP contribution in [0.3, 0.4) is 0 Å². The van der Waals surface area contributed by atoms with Gasteiger partial charge in [0.2, 0.25) is 11.8 Å². The number of carbonyl (C=O) groups is 1. The molecule has 4 aromatic rings.